The third-order valence-electron chi connectivity index (χ3n) is 2.23. The molecule has 2 N–H and O–H groups in total. The van der Waals surface area contributed by atoms with Gasteiger partial charge in [-0.25, -0.2) is 0 Å². The van der Waals surface area contributed by atoms with Gasteiger partial charge in [0.25, 0.3) is 0 Å². The van der Waals surface area contributed by atoms with Gasteiger partial charge in [0.05, 0.1) is 6.61 Å². The average Bonchev–Trinajstić information content (AvgIpc) is 2.86. The van der Waals surface area contributed by atoms with Gasteiger partial charge in [0.2, 0.25) is 0 Å². The van der Waals surface area contributed by atoms with Crippen molar-refractivity contribution in [1.82, 2.24) is 10.6 Å². The zero-order chi connectivity index (χ0) is 7.52. The van der Waals surface area contributed by atoms with Crippen molar-refractivity contribution in [2.75, 3.05) is 26.2 Å². The van der Waals surface area contributed by atoms with E-state index in [2.05, 4.69) is 10.6 Å². The van der Waals surface area contributed by atoms with Gasteiger partial charge >= 0.3 is 0 Å². The van der Waals surface area contributed by atoms with E-state index in [-0.39, 0.29) is 6.23 Å². The summed E-state index contributed by atoms with van der Waals surface area (Å²) in [5.41, 5.74) is 0. The molecule has 0 bridgehead atoms. The van der Waals surface area contributed by atoms with Gasteiger partial charge in [-0.2, -0.15) is 0 Å². The van der Waals surface area contributed by atoms with E-state index in [0.29, 0.717) is 0 Å². The lowest BCUT2D eigenvalue weighted by molar-refractivity contribution is 0.0152. The molecule has 0 aromatic carbocycles. The van der Waals surface area contributed by atoms with E-state index in [1.807, 2.05) is 0 Å². The first kappa shape index (κ1) is 7.53. The predicted octanol–water partition coefficient (Wildman–Crippen LogP) is -0.0681. The van der Waals surface area contributed by atoms with Crippen molar-refractivity contribution in [3.63, 3.8) is 0 Å². The van der Waals surface area contributed by atoms with Crippen molar-refractivity contribution < 1.29 is 4.74 Å². The maximum absolute atomic E-state index is 5.63. The van der Waals surface area contributed by atoms with Crippen LogP contribution in [0.4, 0.5) is 0 Å². The molecule has 1 saturated heterocycles. The lowest BCUT2D eigenvalue weighted by Gasteiger charge is -2.24. The Morgan fingerprint density at radius 2 is 2.18 bits per heavy atom. The van der Waals surface area contributed by atoms with E-state index in [1.54, 1.807) is 0 Å². The zero-order valence-electron chi connectivity index (χ0n) is 6.81. The molecule has 64 valence electrons. The van der Waals surface area contributed by atoms with Crippen LogP contribution in [0, 0.1) is 5.92 Å². The number of hydrogen-bond donors (Lipinski definition) is 2. The molecule has 3 nitrogen and oxygen atoms in total. The van der Waals surface area contributed by atoms with Gasteiger partial charge in [0, 0.05) is 19.6 Å². The largest absolute Gasteiger partial charge is 0.362 e. The van der Waals surface area contributed by atoms with Crippen molar-refractivity contribution in [3.8, 4) is 0 Å². The second kappa shape index (κ2) is 3.52. The highest BCUT2D eigenvalue weighted by Gasteiger charge is 2.23. The van der Waals surface area contributed by atoms with E-state index < -0.39 is 0 Å². The molecule has 0 spiro atoms. The molecular weight excluding hydrogens is 140 g/mol. The summed E-state index contributed by atoms with van der Waals surface area (Å²) >= 11 is 0. The first-order chi connectivity index (χ1) is 5.45. The average molecular weight is 156 g/mol. The van der Waals surface area contributed by atoms with Crippen LogP contribution in [-0.4, -0.2) is 32.5 Å². The van der Waals surface area contributed by atoms with E-state index in [0.717, 1.165) is 32.2 Å². The fourth-order valence-corrected chi connectivity index (χ4v) is 1.28. The van der Waals surface area contributed by atoms with E-state index in [1.165, 1.54) is 12.8 Å². The van der Waals surface area contributed by atoms with Crippen LogP contribution in [0.25, 0.3) is 0 Å². The molecule has 1 aliphatic carbocycles. The Labute approximate surface area is 67.5 Å². The van der Waals surface area contributed by atoms with Gasteiger partial charge in [-0.3, -0.25) is 5.32 Å². The molecule has 0 aromatic heterocycles. The first-order valence-electron chi connectivity index (χ1n) is 4.51. The van der Waals surface area contributed by atoms with Crippen LogP contribution < -0.4 is 10.6 Å². The fourth-order valence-electron chi connectivity index (χ4n) is 1.28. The smallest absolute Gasteiger partial charge is 0.120 e. The van der Waals surface area contributed by atoms with Crippen LogP contribution in [0.15, 0.2) is 0 Å². The maximum Gasteiger partial charge on any atom is 0.120 e. The summed E-state index contributed by atoms with van der Waals surface area (Å²) in [6.07, 6.45) is 3.02. The van der Waals surface area contributed by atoms with Gasteiger partial charge in [0.15, 0.2) is 0 Å². The molecule has 2 fully saturated rings. The molecule has 0 amide bonds. The standard InChI is InChI=1S/C8H16N2O/c1-2-7(1)6-11-8-5-9-3-4-10-8/h7-10H,1-6H2. The van der Waals surface area contributed by atoms with E-state index in [4.69, 9.17) is 4.74 Å². The Kier molecular flexibility index (Phi) is 2.41. The van der Waals surface area contributed by atoms with Gasteiger partial charge in [0.1, 0.15) is 6.23 Å². The molecule has 2 aliphatic rings. The highest BCUT2D eigenvalue weighted by Crippen LogP contribution is 2.28. The molecule has 2 rings (SSSR count). The number of ether oxygens (including phenoxy) is 1. The van der Waals surface area contributed by atoms with Crippen LogP contribution in [0.5, 0.6) is 0 Å². The predicted molar refractivity (Wildman–Crippen MR) is 43.3 cm³/mol. The summed E-state index contributed by atoms with van der Waals surface area (Å²) < 4.78 is 5.63. The van der Waals surface area contributed by atoms with E-state index in [9.17, 15) is 0 Å². The number of rotatable bonds is 3. The Morgan fingerprint density at radius 1 is 1.27 bits per heavy atom. The van der Waals surface area contributed by atoms with Crippen molar-refractivity contribution >= 4 is 0 Å². The molecule has 1 aliphatic heterocycles. The Hall–Kier alpha value is -0.120. The third-order valence-corrected chi connectivity index (χ3v) is 2.23. The van der Waals surface area contributed by atoms with Crippen LogP contribution in [0.3, 0.4) is 0 Å². The lowest BCUT2D eigenvalue weighted by atomic mass is 10.4. The SMILES string of the molecule is C1CNC(OCC2CC2)CN1. The maximum atomic E-state index is 5.63. The molecule has 1 atom stereocenters. The highest BCUT2D eigenvalue weighted by molar-refractivity contribution is 4.74. The summed E-state index contributed by atoms with van der Waals surface area (Å²) in [7, 11) is 0. The Balaban J connectivity index is 1.59. The second-order valence-electron chi connectivity index (χ2n) is 3.42. The van der Waals surface area contributed by atoms with Crippen molar-refractivity contribution in [2.45, 2.75) is 19.1 Å². The lowest BCUT2D eigenvalue weighted by Crippen LogP contribution is -2.49. The summed E-state index contributed by atoms with van der Waals surface area (Å²) in [4.78, 5) is 0. The molecule has 3 heteroatoms. The van der Waals surface area contributed by atoms with Gasteiger partial charge < -0.3 is 10.1 Å². The van der Waals surface area contributed by atoms with Gasteiger partial charge in [-0.05, 0) is 18.8 Å². The summed E-state index contributed by atoms with van der Waals surface area (Å²) in [5, 5.41) is 6.61. The summed E-state index contributed by atoms with van der Waals surface area (Å²) in [6.45, 7) is 4.03. The minimum Gasteiger partial charge on any atom is -0.362 e. The molecule has 11 heavy (non-hydrogen) atoms. The minimum absolute atomic E-state index is 0.268. The van der Waals surface area contributed by atoms with Gasteiger partial charge in [-0.15, -0.1) is 0 Å². The highest BCUT2D eigenvalue weighted by atomic mass is 16.5. The fraction of sp³-hybridized carbons (Fsp3) is 1.00. The number of nitrogens with one attached hydrogen (secondary N) is 2. The Bertz CT molecular complexity index is 119. The van der Waals surface area contributed by atoms with Crippen LogP contribution >= 0.6 is 0 Å². The van der Waals surface area contributed by atoms with Crippen molar-refractivity contribution in [2.24, 2.45) is 5.92 Å². The molecule has 1 heterocycles. The monoisotopic (exact) mass is 156 g/mol. The first-order valence-corrected chi connectivity index (χ1v) is 4.51. The van der Waals surface area contributed by atoms with Crippen molar-refractivity contribution in [3.05, 3.63) is 0 Å². The molecular formula is C8H16N2O. The Morgan fingerprint density at radius 3 is 2.82 bits per heavy atom. The minimum atomic E-state index is 0.268. The van der Waals surface area contributed by atoms with Crippen molar-refractivity contribution in [1.29, 1.82) is 0 Å². The third kappa shape index (κ3) is 2.43. The topological polar surface area (TPSA) is 33.3 Å². The molecule has 0 aromatic rings. The summed E-state index contributed by atoms with van der Waals surface area (Å²) in [5.74, 6) is 0.874. The molecule has 1 saturated carbocycles. The normalized spacial score (nSPS) is 32.2. The van der Waals surface area contributed by atoms with Crippen LogP contribution in [-0.2, 0) is 4.74 Å². The quantitative estimate of drug-likeness (QED) is 0.600. The summed E-state index contributed by atoms with van der Waals surface area (Å²) in [6, 6.07) is 0. The van der Waals surface area contributed by atoms with Crippen LogP contribution in [0.1, 0.15) is 12.8 Å². The van der Waals surface area contributed by atoms with E-state index >= 15 is 0 Å². The zero-order valence-corrected chi connectivity index (χ0v) is 6.81. The van der Waals surface area contributed by atoms with Crippen LogP contribution in [0.2, 0.25) is 0 Å². The number of hydrogen-bond acceptors (Lipinski definition) is 3. The second-order valence-corrected chi connectivity index (χ2v) is 3.42. The molecule has 1 unspecified atom stereocenters. The van der Waals surface area contributed by atoms with Gasteiger partial charge in [-0.1, -0.05) is 0 Å². The number of piperazine rings is 1. The molecule has 0 radical (unpaired) electrons.